The molecule has 0 spiro atoms. The molecule has 8 nitrogen and oxygen atoms in total. The molecule has 1 fully saturated rings. The molecule has 1 saturated heterocycles. The number of halogens is 1. The maximum atomic E-state index is 13.1. The van der Waals surface area contributed by atoms with Gasteiger partial charge >= 0.3 is 6.09 Å². The topological polar surface area (TPSA) is 83.0 Å². The van der Waals surface area contributed by atoms with Crippen molar-refractivity contribution >= 4 is 17.7 Å². The van der Waals surface area contributed by atoms with Crippen LogP contribution in [-0.4, -0.2) is 69.7 Å². The normalized spacial score (nSPS) is 19.9. The molecule has 9 heteroatoms. The molecule has 1 N–H and O–H groups in total. The van der Waals surface area contributed by atoms with Gasteiger partial charge in [-0.3, -0.25) is 9.69 Å². The van der Waals surface area contributed by atoms with Crippen LogP contribution in [0.4, 0.5) is 14.9 Å². The van der Waals surface area contributed by atoms with Gasteiger partial charge in [0.15, 0.2) is 0 Å². The fourth-order valence-corrected chi connectivity index (χ4v) is 5.41. The molecule has 1 unspecified atom stereocenters. The first kappa shape index (κ1) is 28.2. The molecule has 1 aliphatic heterocycles. The maximum Gasteiger partial charge on any atom is 0.514 e. The summed E-state index contributed by atoms with van der Waals surface area (Å²) in [5.74, 6) is 0.314. The van der Waals surface area contributed by atoms with Gasteiger partial charge < -0.3 is 14.7 Å². The molecule has 206 valence electrons. The first-order chi connectivity index (χ1) is 18.4. The van der Waals surface area contributed by atoms with E-state index in [9.17, 15) is 19.1 Å². The van der Waals surface area contributed by atoms with E-state index in [2.05, 4.69) is 9.88 Å². The van der Waals surface area contributed by atoms with Gasteiger partial charge in [-0.1, -0.05) is 12.1 Å². The van der Waals surface area contributed by atoms with Crippen molar-refractivity contribution < 1.29 is 28.3 Å². The van der Waals surface area contributed by atoms with Crippen LogP contribution < -0.4 is 9.64 Å². The van der Waals surface area contributed by atoms with Gasteiger partial charge in [-0.2, -0.15) is 4.79 Å². The van der Waals surface area contributed by atoms with Crippen LogP contribution in [0.15, 0.2) is 66.9 Å². The summed E-state index contributed by atoms with van der Waals surface area (Å²) in [6, 6.07) is 16.7. The van der Waals surface area contributed by atoms with Gasteiger partial charge in [0, 0.05) is 25.8 Å². The third kappa shape index (κ3) is 5.94. The van der Waals surface area contributed by atoms with E-state index in [1.807, 2.05) is 52.0 Å². The fraction of sp³-hybridized carbons (Fsp3) is 0.367. The lowest BCUT2D eigenvalue weighted by Crippen LogP contribution is -2.73. The average Bonchev–Trinajstić information content (AvgIpc) is 2.89. The number of carbonyl (C=O) groups is 2. The van der Waals surface area contributed by atoms with E-state index in [1.165, 1.54) is 35.4 Å². The molecule has 2 aromatic carbocycles. The highest BCUT2D eigenvalue weighted by Crippen LogP contribution is 2.33. The van der Waals surface area contributed by atoms with Crippen LogP contribution >= 0.6 is 0 Å². The number of anilines is 1. The second kappa shape index (κ2) is 11.1. The molecule has 0 aliphatic carbocycles. The summed E-state index contributed by atoms with van der Waals surface area (Å²) in [5, 5.41) is 10.1. The van der Waals surface area contributed by atoms with Crippen molar-refractivity contribution in [1.82, 2.24) is 9.88 Å². The molecule has 2 atom stereocenters. The number of amides is 2. The Morgan fingerprint density at radius 3 is 2.26 bits per heavy atom. The Balaban J connectivity index is 1.36. The summed E-state index contributed by atoms with van der Waals surface area (Å²) in [6.45, 7) is 10.7. The molecule has 1 aliphatic rings. The summed E-state index contributed by atoms with van der Waals surface area (Å²) < 4.78 is 18.8. The minimum absolute atomic E-state index is 0.0424. The van der Waals surface area contributed by atoms with Crippen molar-refractivity contribution in [2.75, 3.05) is 31.6 Å². The predicted octanol–water partition coefficient (Wildman–Crippen LogP) is 5.79. The molecule has 39 heavy (non-hydrogen) atoms. The fourth-order valence-electron chi connectivity index (χ4n) is 5.41. The van der Waals surface area contributed by atoms with Crippen LogP contribution in [0.3, 0.4) is 0 Å². The van der Waals surface area contributed by atoms with Crippen molar-refractivity contribution in [1.29, 1.82) is 0 Å². The lowest BCUT2D eigenvalue weighted by molar-refractivity contribution is -0.929. The lowest BCUT2D eigenvalue weighted by Gasteiger charge is -2.52. The third-order valence-electron chi connectivity index (χ3n) is 7.62. The summed E-state index contributed by atoms with van der Waals surface area (Å²) in [5.41, 5.74) is 1.71. The maximum absolute atomic E-state index is 13.1. The minimum atomic E-state index is -0.767. The number of hydrogen-bond donors (Lipinski definition) is 1. The van der Waals surface area contributed by atoms with Crippen LogP contribution in [0, 0.1) is 5.82 Å². The Morgan fingerprint density at radius 1 is 1.08 bits per heavy atom. The molecular weight excluding hydrogens is 499 g/mol. The highest BCUT2D eigenvalue weighted by Gasteiger charge is 2.54. The van der Waals surface area contributed by atoms with Gasteiger partial charge in [0.2, 0.25) is 0 Å². The zero-order chi connectivity index (χ0) is 28.4. The number of aromatic nitrogens is 1. The van der Waals surface area contributed by atoms with E-state index in [4.69, 9.17) is 4.74 Å². The van der Waals surface area contributed by atoms with Gasteiger partial charge in [0.05, 0.1) is 12.7 Å². The van der Waals surface area contributed by atoms with E-state index in [0.717, 1.165) is 11.3 Å². The number of carbonyl (C=O) groups excluding carboxylic acids is 1. The van der Waals surface area contributed by atoms with Crippen molar-refractivity contribution in [2.45, 2.75) is 45.8 Å². The number of quaternary nitrogens is 1. The van der Waals surface area contributed by atoms with E-state index >= 15 is 0 Å². The number of rotatable bonds is 6. The molecular formula is C30H36FN4O4+. The van der Waals surface area contributed by atoms with Crippen LogP contribution in [0.2, 0.25) is 0 Å². The quantitative estimate of drug-likeness (QED) is 0.403. The Labute approximate surface area is 228 Å². The number of benzene rings is 2. The van der Waals surface area contributed by atoms with Crippen LogP contribution in [0.5, 0.6) is 11.5 Å². The Morgan fingerprint density at radius 2 is 1.72 bits per heavy atom. The number of hydrogen-bond acceptors (Lipinski definition) is 5. The van der Waals surface area contributed by atoms with Crippen molar-refractivity contribution in [2.24, 2.45) is 0 Å². The van der Waals surface area contributed by atoms with E-state index in [1.54, 1.807) is 19.2 Å². The summed E-state index contributed by atoms with van der Waals surface area (Å²) in [6.07, 6.45) is 0.695. The first-order valence-electron chi connectivity index (χ1n) is 13.0. The molecule has 0 saturated carbocycles. The van der Waals surface area contributed by atoms with Crippen LogP contribution in [0.25, 0.3) is 0 Å². The highest BCUT2D eigenvalue weighted by atomic mass is 19.1. The van der Waals surface area contributed by atoms with Gasteiger partial charge in [-0.05, 0) is 81.8 Å². The predicted molar refractivity (Wildman–Crippen MR) is 148 cm³/mol. The minimum Gasteiger partial charge on any atom is -0.456 e. The molecule has 3 aromatic rings. The van der Waals surface area contributed by atoms with Gasteiger partial charge in [0.25, 0.3) is 5.91 Å². The monoisotopic (exact) mass is 535 g/mol. The zero-order valence-corrected chi connectivity index (χ0v) is 23.1. The highest BCUT2D eigenvalue weighted by molar-refractivity contribution is 6.04. The molecule has 1 aromatic heterocycles. The smallest absolute Gasteiger partial charge is 0.456 e. The standard InChI is InChI=1S/C30H35FN4O4/c1-21-19-34(16-17-35(21,29(37)38)30(2,3)4)20-22-6-10-24(11-7-22)33(5)28(36)27-15-14-26(18-32-27)39-25-12-8-23(31)9-13-25/h6-15,18,21H,16-17,19-20H2,1-5H3/p+1/t21-,35?/m0/s1. The van der Waals surface area contributed by atoms with Gasteiger partial charge in [0.1, 0.15) is 41.1 Å². The van der Waals surface area contributed by atoms with Crippen LogP contribution in [-0.2, 0) is 6.54 Å². The summed E-state index contributed by atoms with van der Waals surface area (Å²) >= 11 is 0. The molecule has 0 bridgehead atoms. The Bertz CT molecular complexity index is 1310. The lowest BCUT2D eigenvalue weighted by atomic mass is 9.95. The molecule has 4 rings (SSSR count). The van der Waals surface area contributed by atoms with Gasteiger partial charge in [-0.25, -0.2) is 13.9 Å². The number of nitrogens with zero attached hydrogens (tertiary/aromatic N) is 4. The number of ether oxygens (including phenoxy) is 1. The second-order valence-corrected chi connectivity index (χ2v) is 11.1. The number of piperazine rings is 1. The second-order valence-electron chi connectivity index (χ2n) is 11.1. The van der Waals surface area contributed by atoms with Crippen molar-refractivity contribution in [3.05, 3.63) is 83.9 Å². The van der Waals surface area contributed by atoms with E-state index in [-0.39, 0.29) is 33.5 Å². The number of pyridine rings is 1. The largest absolute Gasteiger partial charge is 0.514 e. The van der Waals surface area contributed by atoms with E-state index in [0.29, 0.717) is 37.7 Å². The van der Waals surface area contributed by atoms with Crippen LogP contribution in [0.1, 0.15) is 43.7 Å². The summed E-state index contributed by atoms with van der Waals surface area (Å²) in [7, 11) is 1.70. The Hall–Kier alpha value is -3.82. The van der Waals surface area contributed by atoms with E-state index < -0.39 is 6.09 Å². The first-order valence-corrected chi connectivity index (χ1v) is 13.0. The molecule has 2 heterocycles. The SMILES string of the molecule is C[C@H]1CN(Cc2ccc(N(C)C(=O)c3ccc(Oc4ccc(F)cc4)cn3)cc2)CC[N+]1(C(=O)O)C(C)(C)C. The third-order valence-corrected chi connectivity index (χ3v) is 7.62. The van der Waals surface area contributed by atoms with Gasteiger partial charge in [-0.15, -0.1) is 0 Å². The molecule has 2 amide bonds. The zero-order valence-electron chi connectivity index (χ0n) is 23.1. The molecule has 0 radical (unpaired) electrons. The number of carboxylic acid groups (broad SMARTS) is 1. The van der Waals surface area contributed by atoms with Crippen molar-refractivity contribution in [3.63, 3.8) is 0 Å². The summed E-state index contributed by atoms with van der Waals surface area (Å²) in [4.78, 5) is 33.3. The van der Waals surface area contributed by atoms with Crippen molar-refractivity contribution in [3.8, 4) is 11.5 Å². The Kier molecular flexibility index (Phi) is 8.04. The average molecular weight is 536 g/mol.